The van der Waals surface area contributed by atoms with Crippen LogP contribution in [0.5, 0.6) is 0 Å². The first kappa shape index (κ1) is 16.6. The molecule has 0 amide bonds. The number of aromatic nitrogens is 1. The van der Waals surface area contributed by atoms with Crippen LogP contribution in [0.2, 0.25) is 0 Å². The number of hydrogen-bond donors (Lipinski definition) is 2. The van der Waals surface area contributed by atoms with E-state index in [0.717, 1.165) is 12.2 Å². The van der Waals surface area contributed by atoms with Crippen molar-refractivity contribution in [3.05, 3.63) is 29.6 Å². The van der Waals surface area contributed by atoms with Gasteiger partial charge < -0.3 is 10.4 Å². The van der Waals surface area contributed by atoms with E-state index >= 15 is 0 Å². The Bertz CT molecular complexity index is 430. The Morgan fingerprint density at radius 1 is 1.35 bits per heavy atom. The van der Waals surface area contributed by atoms with E-state index in [2.05, 4.69) is 31.1 Å². The summed E-state index contributed by atoms with van der Waals surface area (Å²) in [5, 5.41) is 12.3. The number of unbranched alkanes of at least 4 members (excludes halogenated alkanes) is 2. The van der Waals surface area contributed by atoms with E-state index in [1.165, 1.54) is 31.7 Å². The molecule has 0 saturated carbocycles. The highest BCUT2D eigenvalue weighted by molar-refractivity contribution is 5.85. The summed E-state index contributed by atoms with van der Waals surface area (Å²) < 4.78 is 0. The van der Waals surface area contributed by atoms with Crippen molar-refractivity contribution in [2.75, 3.05) is 6.54 Å². The summed E-state index contributed by atoms with van der Waals surface area (Å²) in [6.07, 6.45) is 5.00. The Kier molecular flexibility index (Phi) is 6.65. The molecule has 0 saturated heterocycles. The molecular formula is C16H26N2O2. The number of nitrogens with one attached hydrogen (secondary N) is 1. The number of carboxylic acid groups (broad SMARTS) is 1. The fourth-order valence-corrected chi connectivity index (χ4v) is 2.17. The van der Waals surface area contributed by atoms with Crippen LogP contribution in [-0.4, -0.2) is 22.6 Å². The molecule has 4 heteroatoms. The molecule has 1 aromatic heterocycles. The van der Waals surface area contributed by atoms with Crippen molar-refractivity contribution in [2.45, 2.75) is 53.0 Å². The average molecular weight is 278 g/mol. The first-order valence-electron chi connectivity index (χ1n) is 7.34. The highest BCUT2D eigenvalue weighted by atomic mass is 16.4. The summed E-state index contributed by atoms with van der Waals surface area (Å²) in [5.74, 6) is -0.980. The van der Waals surface area contributed by atoms with Gasteiger partial charge in [0.1, 0.15) is 5.69 Å². The average Bonchev–Trinajstić information content (AvgIpc) is 2.39. The van der Waals surface area contributed by atoms with E-state index < -0.39 is 5.97 Å². The SMILES string of the molecule is CCCCCC(C)(C)CNCc1cccc(C(=O)O)n1. The van der Waals surface area contributed by atoms with Gasteiger partial charge in [-0.1, -0.05) is 46.1 Å². The maximum Gasteiger partial charge on any atom is 0.354 e. The second-order valence-electron chi connectivity index (χ2n) is 6.04. The molecule has 0 aliphatic rings. The van der Waals surface area contributed by atoms with E-state index in [-0.39, 0.29) is 11.1 Å². The molecule has 0 spiro atoms. The summed E-state index contributed by atoms with van der Waals surface area (Å²) in [4.78, 5) is 15.0. The van der Waals surface area contributed by atoms with Crippen molar-refractivity contribution in [3.63, 3.8) is 0 Å². The summed E-state index contributed by atoms with van der Waals surface area (Å²) in [5.41, 5.74) is 1.14. The topological polar surface area (TPSA) is 62.2 Å². The molecule has 0 bridgehead atoms. The second kappa shape index (κ2) is 8.00. The highest BCUT2D eigenvalue weighted by Gasteiger charge is 2.16. The molecular weight excluding hydrogens is 252 g/mol. The maximum atomic E-state index is 10.9. The zero-order valence-electron chi connectivity index (χ0n) is 12.8. The number of carboxylic acids is 1. The Morgan fingerprint density at radius 2 is 2.10 bits per heavy atom. The minimum atomic E-state index is -0.980. The first-order chi connectivity index (χ1) is 9.44. The molecule has 0 unspecified atom stereocenters. The lowest BCUT2D eigenvalue weighted by Gasteiger charge is -2.25. The highest BCUT2D eigenvalue weighted by Crippen LogP contribution is 2.22. The smallest absolute Gasteiger partial charge is 0.354 e. The fraction of sp³-hybridized carbons (Fsp3) is 0.625. The molecule has 1 rings (SSSR count). The minimum absolute atomic E-state index is 0.103. The number of nitrogens with zero attached hydrogens (tertiary/aromatic N) is 1. The van der Waals surface area contributed by atoms with Crippen molar-refractivity contribution in [2.24, 2.45) is 5.41 Å². The minimum Gasteiger partial charge on any atom is -0.477 e. The fourth-order valence-electron chi connectivity index (χ4n) is 2.17. The molecule has 0 atom stereocenters. The second-order valence-corrected chi connectivity index (χ2v) is 6.04. The van der Waals surface area contributed by atoms with E-state index in [1.807, 2.05) is 6.07 Å². The maximum absolute atomic E-state index is 10.9. The third-order valence-corrected chi connectivity index (χ3v) is 3.39. The van der Waals surface area contributed by atoms with Crippen molar-refractivity contribution < 1.29 is 9.90 Å². The zero-order chi connectivity index (χ0) is 15.0. The predicted octanol–water partition coefficient (Wildman–Crippen LogP) is 3.48. The lowest BCUT2D eigenvalue weighted by atomic mass is 9.87. The van der Waals surface area contributed by atoms with Crippen LogP contribution in [-0.2, 0) is 6.54 Å². The van der Waals surface area contributed by atoms with Crippen LogP contribution in [0, 0.1) is 5.41 Å². The Morgan fingerprint density at radius 3 is 2.75 bits per heavy atom. The quantitative estimate of drug-likeness (QED) is 0.679. The van der Waals surface area contributed by atoms with Gasteiger partial charge in [0.15, 0.2) is 0 Å². The molecule has 0 aliphatic heterocycles. The lowest BCUT2D eigenvalue weighted by molar-refractivity contribution is 0.0690. The van der Waals surface area contributed by atoms with Crippen molar-refractivity contribution in [1.29, 1.82) is 0 Å². The molecule has 1 aromatic rings. The van der Waals surface area contributed by atoms with Gasteiger partial charge in [-0.15, -0.1) is 0 Å². The lowest BCUT2D eigenvalue weighted by Crippen LogP contribution is -2.29. The standard InChI is InChI=1S/C16H26N2O2/c1-4-5-6-10-16(2,3)12-17-11-13-8-7-9-14(18-13)15(19)20/h7-9,17H,4-6,10-12H2,1-3H3,(H,19,20). The molecule has 20 heavy (non-hydrogen) atoms. The summed E-state index contributed by atoms with van der Waals surface area (Å²) in [6, 6.07) is 5.10. The normalized spacial score (nSPS) is 11.6. The summed E-state index contributed by atoms with van der Waals surface area (Å²) >= 11 is 0. The van der Waals surface area contributed by atoms with Gasteiger partial charge in [-0.05, 0) is 24.0 Å². The Hall–Kier alpha value is -1.42. The van der Waals surface area contributed by atoms with Crippen molar-refractivity contribution in [1.82, 2.24) is 10.3 Å². The number of aromatic carboxylic acids is 1. The zero-order valence-corrected chi connectivity index (χ0v) is 12.8. The molecule has 1 heterocycles. The molecule has 0 aliphatic carbocycles. The Labute approximate surface area is 121 Å². The Balaban J connectivity index is 2.39. The largest absolute Gasteiger partial charge is 0.477 e. The van der Waals surface area contributed by atoms with E-state index in [0.29, 0.717) is 6.54 Å². The molecule has 0 radical (unpaired) electrons. The molecule has 112 valence electrons. The molecule has 4 nitrogen and oxygen atoms in total. The van der Waals surface area contributed by atoms with Crippen LogP contribution in [0.3, 0.4) is 0 Å². The van der Waals surface area contributed by atoms with Gasteiger partial charge in [-0.25, -0.2) is 9.78 Å². The third kappa shape index (κ3) is 6.15. The van der Waals surface area contributed by atoms with E-state index in [9.17, 15) is 4.79 Å². The van der Waals surface area contributed by atoms with E-state index in [1.54, 1.807) is 6.07 Å². The summed E-state index contributed by atoms with van der Waals surface area (Å²) in [6.45, 7) is 8.26. The summed E-state index contributed by atoms with van der Waals surface area (Å²) in [7, 11) is 0. The van der Waals surface area contributed by atoms with Crippen LogP contribution in [0.15, 0.2) is 18.2 Å². The van der Waals surface area contributed by atoms with E-state index in [4.69, 9.17) is 5.11 Å². The van der Waals surface area contributed by atoms with Crippen LogP contribution in [0.25, 0.3) is 0 Å². The van der Waals surface area contributed by atoms with Gasteiger partial charge in [0.05, 0.1) is 5.69 Å². The molecule has 0 aromatic carbocycles. The third-order valence-electron chi connectivity index (χ3n) is 3.39. The monoisotopic (exact) mass is 278 g/mol. The molecule has 2 N–H and O–H groups in total. The van der Waals surface area contributed by atoms with Gasteiger partial charge in [-0.2, -0.15) is 0 Å². The van der Waals surface area contributed by atoms with Gasteiger partial charge in [0.2, 0.25) is 0 Å². The number of rotatable bonds is 9. The van der Waals surface area contributed by atoms with Gasteiger partial charge in [-0.3, -0.25) is 0 Å². The van der Waals surface area contributed by atoms with Crippen LogP contribution < -0.4 is 5.32 Å². The van der Waals surface area contributed by atoms with Gasteiger partial charge in [0.25, 0.3) is 0 Å². The number of pyridine rings is 1. The van der Waals surface area contributed by atoms with Crippen LogP contribution in [0.4, 0.5) is 0 Å². The predicted molar refractivity (Wildman–Crippen MR) is 80.8 cm³/mol. The van der Waals surface area contributed by atoms with Gasteiger partial charge in [0, 0.05) is 13.1 Å². The number of carbonyl (C=O) groups is 1. The van der Waals surface area contributed by atoms with Crippen molar-refractivity contribution >= 4 is 5.97 Å². The van der Waals surface area contributed by atoms with Gasteiger partial charge >= 0.3 is 5.97 Å². The van der Waals surface area contributed by atoms with Crippen molar-refractivity contribution in [3.8, 4) is 0 Å². The molecule has 0 fully saturated rings. The van der Waals surface area contributed by atoms with Crippen LogP contribution in [0.1, 0.15) is 62.6 Å². The number of hydrogen-bond acceptors (Lipinski definition) is 3. The first-order valence-corrected chi connectivity index (χ1v) is 7.34. The van der Waals surface area contributed by atoms with Crippen LogP contribution >= 0.6 is 0 Å².